The van der Waals surface area contributed by atoms with Crippen LogP contribution >= 0.6 is 11.6 Å². The van der Waals surface area contributed by atoms with Gasteiger partial charge in [-0.15, -0.1) is 21.8 Å². The second kappa shape index (κ2) is 4.66. The van der Waals surface area contributed by atoms with Crippen LogP contribution in [0.3, 0.4) is 0 Å². The maximum Gasteiger partial charge on any atom is 0.152 e. The van der Waals surface area contributed by atoms with E-state index in [4.69, 9.17) is 11.6 Å². The third kappa shape index (κ3) is 1.95. The average molecular weight is 236 g/mol. The molecule has 0 bridgehead atoms. The van der Waals surface area contributed by atoms with Gasteiger partial charge in [0, 0.05) is 12.1 Å². The predicted molar refractivity (Wildman–Crippen MR) is 65.0 cm³/mol. The molecule has 0 N–H and O–H groups in total. The minimum Gasteiger partial charge on any atom is -0.282 e. The highest BCUT2D eigenvalue weighted by Crippen LogP contribution is 2.15. The number of alkyl halides is 1. The van der Waals surface area contributed by atoms with Crippen molar-refractivity contribution in [1.82, 2.24) is 14.8 Å². The number of aromatic nitrogens is 3. The molecule has 0 fully saturated rings. The van der Waals surface area contributed by atoms with Crippen LogP contribution in [-0.2, 0) is 12.3 Å². The molecule has 1 aromatic carbocycles. The Morgan fingerprint density at radius 1 is 1.12 bits per heavy atom. The molecule has 0 aliphatic heterocycles. The van der Waals surface area contributed by atoms with E-state index < -0.39 is 0 Å². The Morgan fingerprint density at radius 3 is 2.31 bits per heavy atom. The SMILES string of the molecule is CCc1nnc(CCl)n1-c1ccc(C)cc1. The molecule has 84 valence electrons. The molecule has 2 rings (SSSR count). The fourth-order valence-corrected chi connectivity index (χ4v) is 1.83. The van der Waals surface area contributed by atoms with Crippen molar-refractivity contribution >= 4 is 11.6 Å². The standard InChI is InChI=1S/C12H14ClN3/c1-3-11-14-15-12(8-13)16(11)10-6-4-9(2)5-7-10/h4-7H,3,8H2,1-2H3. The van der Waals surface area contributed by atoms with Crippen LogP contribution in [0, 0.1) is 6.92 Å². The van der Waals surface area contributed by atoms with Crippen LogP contribution in [0.15, 0.2) is 24.3 Å². The van der Waals surface area contributed by atoms with E-state index in [1.807, 2.05) is 4.57 Å². The van der Waals surface area contributed by atoms with Crippen LogP contribution in [0.5, 0.6) is 0 Å². The Labute approximate surface area is 100 Å². The zero-order valence-electron chi connectivity index (χ0n) is 9.44. The van der Waals surface area contributed by atoms with E-state index in [1.165, 1.54) is 5.56 Å². The fourth-order valence-electron chi connectivity index (χ4n) is 1.66. The molecule has 0 aliphatic carbocycles. The number of hydrogen-bond acceptors (Lipinski definition) is 2. The third-order valence-electron chi connectivity index (χ3n) is 2.53. The number of aryl methyl sites for hydroxylation is 2. The summed E-state index contributed by atoms with van der Waals surface area (Å²) in [5, 5.41) is 8.22. The molecule has 3 nitrogen and oxygen atoms in total. The van der Waals surface area contributed by atoms with Gasteiger partial charge in [0.1, 0.15) is 5.82 Å². The topological polar surface area (TPSA) is 30.7 Å². The van der Waals surface area contributed by atoms with E-state index in [9.17, 15) is 0 Å². The number of rotatable bonds is 3. The van der Waals surface area contributed by atoms with Gasteiger partial charge in [-0.3, -0.25) is 4.57 Å². The summed E-state index contributed by atoms with van der Waals surface area (Å²) >= 11 is 5.86. The number of benzene rings is 1. The summed E-state index contributed by atoms with van der Waals surface area (Å²) in [5.41, 5.74) is 2.31. The van der Waals surface area contributed by atoms with Gasteiger partial charge < -0.3 is 0 Å². The molecule has 0 unspecified atom stereocenters. The summed E-state index contributed by atoms with van der Waals surface area (Å²) in [6.07, 6.45) is 0.845. The largest absolute Gasteiger partial charge is 0.282 e. The summed E-state index contributed by atoms with van der Waals surface area (Å²) in [6.45, 7) is 4.13. The molecule has 0 saturated heterocycles. The second-order valence-corrected chi connectivity index (χ2v) is 3.96. The highest BCUT2D eigenvalue weighted by molar-refractivity contribution is 6.16. The summed E-state index contributed by atoms with van der Waals surface area (Å²) in [7, 11) is 0. The van der Waals surface area contributed by atoms with Gasteiger partial charge in [-0.25, -0.2) is 0 Å². The van der Waals surface area contributed by atoms with Crippen LogP contribution in [-0.4, -0.2) is 14.8 Å². The molecule has 16 heavy (non-hydrogen) atoms. The lowest BCUT2D eigenvalue weighted by molar-refractivity contribution is 0.867. The normalized spacial score (nSPS) is 10.7. The first-order chi connectivity index (χ1) is 7.76. The Balaban J connectivity index is 2.52. The first-order valence-electron chi connectivity index (χ1n) is 5.32. The molecule has 0 atom stereocenters. The van der Waals surface area contributed by atoms with Crippen molar-refractivity contribution in [2.24, 2.45) is 0 Å². The zero-order valence-corrected chi connectivity index (χ0v) is 10.2. The van der Waals surface area contributed by atoms with Crippen LogP contribution < -0.4 is 0 Å². The predicted octanol–water partition coefficient (Wildman–Crippen LogP) is 2.88. The van der Waals surface area contributed by atoms with E-state index in [2.05, 4.69) is 48.3 Å². The Morgan fingerprint density at radius 2 is 1.75 bits per heavy atom. The van der Waals surface area contributed by atoms with Gasteiger partial charge in [-0.05, 0) is 19.1 Å². The van der Waals surface area contributed by atoms with E-state index in [0.29, 0.717) is 5.88 Å². The molecule has 0 aliphatic rings. The van der Waals surface area contributed by atoms with Crippen LogP contribution in [0.25, 0.3) is 5.69 Å². The van der Waals surface area contributed by atoms with Gasteiger partial charge in [0.25, 0.3) is 0 Å². The molecular formula is C12H14ClN3. The lowest BCUT2D eigenvalue weighted by atomic mass is 10.2. The Hall–Kier alpha value is -1.35. The second-order valence-electron chi connectivity index (χ2n) is 3.69. The summed E-state index contributed by atoms with van der Waals surface area (Å²) < 4.78 is 2.02. The molecule has 4 heteroatoms. The molecule has 0 radical (unpaired) electrons. The van der Waals surface area contributed by atoms with Crippen LogP contribution in [0.4, 0.5) is 0 Å². The van der Waals surface area contributed by atoms with Crippen LogP contribution in [0.1, 0.15) is 24.1 Å². The van der Waals surface area contributed by atoms with Gasteiger partial charge in [0.2, 0.25) is 0 Å². The van der Waals surface area contributed by atoms with E-state index in [0.717, 1.165) is 23.8 Å². The number of nitrogens with zero attached hydrogens (tertiary/aromatic N) is 3. The minimum absolute atomic E-state index is 0.376. The molecule has 1 aromatic heterocycles. The molecule has 0 spiro atoms. The maximum atomic E-state index is 5.86. The van der Waals surface area contributed by atoms with Crippen molar-refractivity contribution < 1.29 is 0 Å². The summed E-state index contributed by atoms with van der Waals surface area (Å²) in [5.74, 6) is 2.11. The zero-order chi connectivity index (χ0) is 11.5. The van der Waals surface area contributed by atoms with Crippen molar-refractivity contribution in [3.63, 3.8) is 0 Å². The van der Waals surface area contributed by atoms with E-state index >= 15 is 0 Å². The lowest BCUT2D eigenvalue weighted by Gasteiger charge is -2.08. The Bertz CT molecular complexity index is 452. The molecular weight excluding hydrogens is 222 g/mol. The first kappa shape index (κ1) is 11.1. The van der Waals surface area contributed by atoms with Crippen molar-refractivity contribution in [2.45, 2.75) is 26.1 Å². The van der Waals surface area contributed by atoms with E-state index in [-0.39, 0.29) is 0 Å². The van der Waals surface area contributed by atoms with Crippen LogP contribution in [0.2, 0.25) is 0 Å². The van der Waals surface area contributed by atoms with Crippen molar-refractivity contribution in [3.05, 3.63) is 41.5 Å². The highest BCUT2D eigenvalue weighted by atomic mass is 35.5. The average Bonchev–Trinajstić information content (AvgIpc) is 2.73. The van der Waals surface area contributed by atoms with Crippen molar-refractivity contribution in [1.29, 1.82) is 0 Å². The van der Waals surface area contributed by atoms with Gasteiger partial charge in [-0.2, -0.15) is 0 Å². The molecule has 1 heterocycles. The summed E-state index contributed by atoms with van der Waals surface area (Å²) in [6, 6.07) is 8.28. The van der Waals surface area contributed by atoms with Gasteiger partial charge in [0.05, 0.1) is 5.88 Å². The quantitative estimate of drug-likeness (QED) is 0.766. The molecule has 0 saturated carbocycles. The third-order valence-corrected chi connectivity index (χ3v) is 2.76. The maximum absolute atomic E-state index is 5.86. The van der Waals surface area contributed by atoms with Gasteiger partial charge >= 0.3 is 0 Å². The molecule has 2 aromatic rings. The molecule has 0 amide bonds. The van der Waals surface area contributed by atoms with E-state index in [1.54, 1.807) is 0 Å². The van der Waals surface area contributed by atoms with Crippen molar-refractivity contribution in [2.75, 3.05) is 0 Å². The number of halogens is 1. The Kier molecular flexibility index (Phi) is 3.25. The smallest absolute Gasteiger partial charge is 0.152 e. The first-order valence-corrected chi connectivity index (χ1v) is 5.86. The fraction of sp³-hybridized carbons (Fsp3) is 0.333. The minimum atomic E-state index is 0.376. The van der Waals surface area contributed by atoms with Gasteiger partial charge in [0.15, 0.2) is 5.82 Å². The van der Waals surface area contributed by atoms with Crippen molar-refractivity contribution in [3.8, 4) is 5.69 Å². The highest BCUT2D eigenvalue weighted by Gasteiger charge is 2.10. The summed E-state index contributed by atoms with van der Waals surface area (Å²) in [4.78, 5) is 0. The lowest BCUT2D eigenvalue weighted by Crippen LogP contribution is -2.03. The van der Waals surface area contributed by atoms with Gasteiger partial charge in [-0.1, -0.05) is 24.6 Å². The monoisotopic (exact) mass is 235 g/mol. The number of hydrogen-bond donors (Lipinski definition) is 0.